The lowest BCUT2D eigenvalue weighted by Crippen LogP contribution is -2.37. The summed E-state index contributed by atoms with van der Waals surface area (Å²) in [6.45, 7) is 6.73. The molecule has 0 fully saturated rings. The molecule has 162 valence electrons. The van der Waals surface area contributed by atoms with Crippen LogP contribution in [0.15, 0.2) is 23.2 Å². The van der Waals surface area contributed by atoms with Crippen LogP contribution < -0.4 is 15.4 Å². The van der Waals surface area contributed by atoms with Gasteiger partial charge < -0.3 is 15.4 Å². The lowest BCUT2D eigenvalue weighted by molar-refractivity contribution is -0.138. The number of rotatable bonds is 6. The number of methoxy groups -OCH3 is 1. The van der Waals surface area contributed by atoms with Crippen molar-refractivity contribution in [2.24, 2.45) is 12.0 Å². The number of hydrogen-bond donors (Lipinski definition) is 2. The zero-order valence-electron chi connectivity index (χ0n) is 17.1. The maximum absolute atomic E-state index is 13.4. The van der Waals surface area contributed by atoms with Crippen LogP contribution in [0, 0.1) is 13.8 Å². The highest BCUT2D eigenvalue weighted by atomic mass is 127. The third-order valence-corrected chi connectivity index (χ3v) is 4.47. The number of aromatic nitrogens is 2. The number of nitrogens with one attached hydrogen (secondary N) is 2. The van der Waals surface area contributed by atoms with E-state index in [4.69, 9.17) is 4.74 Å². The largest absolute Gasteiger partial charge is 0.497 e. The van der Waals surface area contributed by atoms with E-state index in [1.807, 2.05) is 27.8 Å². The van der Waals surface area contributed by atoms with E-state index in [1.165, 1.54) is 19.2 Å². The van der Waals surface area contributed by atoms with Crippen LogP contribution in [0.5, 0.6) is 5.75 Å². The zero-order chi connectivity index (χ0) is 20.9. The van der Waals surface area contributed by atoms with Gasteiger partial charge in [0.05, 0.1) is 24.9 Å². The van der Waals surface area contributed by atoms with Crippen LogP contribution >= 0.6 is 24.0 Å². The first-order valence-corrected chi connectivity index (χ1v) is 8.92. The Morgan fingerprint density at radius 3 is 2.45 bits per heavy atom. The molecule has 2 rings (SSSR count). The highest BCUT2D eigenvalue weighted by Crippen LogP contribution is 2.34. The Labute approximate surface area is 185 Å². The minimum absolute atomic E-state index is 0. The van der Waals surface area contributed by atoms with E-state index < -0.39 is 11.7 Å². The van der Waals surface area contributed by atoms with Crippen molar-refractivity contribution in [3.8, 4) is 5.75 Å². The van der Waals surface area contributed by atoms with Crippen molar-refractivity contribution in [3.05, 3.63) is 46.3 Å². The van der Waals surface area contributed by atoms with E-state index in [0.29, 0.717) is 19.0 Å². The molecule has 0 saturated carbocycles. The third kappa shape index (κ3) is 6.51. The van der Waals surface area contributed by atoms with E-state index in [0.717, 1.165) is 23.0 Å². The molecule has 0 bridgehead atoms. The first kappa shape index (κ1) is 25.1. The molecule has 0 aliphatic carbocycles. The number of aliphatic imine (C=N–C) groups is 1. The molecule has 0 amide bonds. The average Bonchev–Trinajstić information content (AvgIpc) is 2.88. The van der Waals surface area contributed by atoms with Crippen LogP contribution in [0.4, 0.5) is 13.2 Å². The van der Waals surface area contributed by atoms with Crippen LogP contribution in [-0.4, -0.2) is 29.4 Å². The van der Waals surface area contributed by atoms with Crippen molar-refractivity contribution >= 4 is 29.9 Å². The molecule has 1 aromatic carbocycles. The molecule has 0 unspecified atom stereocenters. The molecular weight excluding hydrogens is 498 g/mol. The van der Waals surface area contributed by atoms with Gasteiger partial charge in [-0.1, -0.05) is 6.07 Å². The normalized spacial score (nSPS) is 11.8. The van der Waals surface area contributed by atoms with Crippen molar-refractivity contribution in [1.29, 1.82) is 0 Å². The lowest BCUT2D eigenvalue weighted by atomic mass is 10.1. The van der Waals surface area contributed by atoms with Gasteiger partial charge in [0.25, 0.3) is 0 Å². The van der Waals surface area contributed by atoms with Crippen LogP contribution in [0.25, 0.3) is 0 Å². The number of hydrogen-bond acceptors (Lipinski definition) is 3. The molecular formula is C19H27F3IN5O. The summed E-state index contributed by atoms with van der Waals surface area (Å²) in [5.41, 5.74) is 2.30. The summed E-state index contributed by atoms with van der Waals surface area (Å²) < 4.78 is 46.8. The van der Waals surface area contributed by atoms with Gasteiger partial charge in [-0.25, -0.2) is 4.99 Å². The second-order valence-corrected chi connectivity index (χ2v) is 6.34. The van der Waals surface area contributed by atoms with Gasteiger partial charge in [0, 0.05) is 31.4 Å². The fourth-order valence-corrected chi connectivity index (χ4v) is 2.84. The molecule has 0 radical (unpaired) electrons. The number of halogens is 4. The Morgan fingerprint density at radius 2 is 1.93 bits per heavy atom. The van der Waals surface area contributed by atoms with Gasteiger partial charge in [-0.15, -0.1) is 24.0 Å². The summed E-state index contributed by atoms with van der Waals surface area (Å²) in [5.74, 6) is 0.599. The van der Waals surface area contributed by atoms with Crippen LogP contribution in [-0.2, 0) is 26.3 Å². The molecule has 0 aliphatic rings. The summed E-state index contributed by atoms with van der Waals surface area (Å²) in [5, 5.41) is 10.6. The summed E-state index contributed by atoms with van der Waals surface area (Å²) in [6, 6.07) is 3.89. The van der Waals surface area contributed by atoms with E-state index in [1.54, 1.807) is 4.68 Å². The maximum atomic E-state index is 13.4. The zero-order valence-corrected chi connectivity index (χ0v) is 19.5. The first-order valence-electron chi connectivity index (χ1n) is 8.92. The number of ether oxygens (including phenoxy) is 1. The smallest absolute Gasteiger partial charge is 0.416 e. The van der Waals surface area contributed by atoms with Crippen molar-refractivity contribution in [3.63, 3.8) is 0 Å². The van der Waals surface area contributed by atoms with Gasteiger partial charge in [-0.2, -0.15) is 18.3 Å². The average molecular weight is 525 g/mol. The minimum Gasteiger partial charge on any atom is -0.497 e. The summed E-state index contributed by atoms with van der Waals surface area (Å²) in [7, 11) is 3.20. The van der Waals surface area contributed by atoms with Gasteiger partial charge in [0.2, 0.25) is 0 Å². The van der Waals surface area contributed by atoms with E-state index in [-0.39, 0.29) is 41.8 Å². The number of alkyl halides is 3. The number of benzene rings is 1. The standard InChI is InChI=1S/C19H26F3N5O.HI/c1-6-23-18(25-11-16-12(2)26-27(4)13(16)3)24-10-14-7-8-15(28-5)9-17(14)19(20,21)22;/h7-9H,6,10-11H2,1-5H3,(H2,23,24,25);1H. The quantitative estimate of drug-likeness (QED) is 0.341. The molecule has 1 heterocycles. The molecule has 29 heavy (non-hydrogen) atoms. The Balaban J connectivity index is 0.00000420. The highest BCUT2D eigenvalue weighted by molar-refractivity contribution is 14.0. The SMILES string of the molecule is CCNC(=NCc1ccc(OC)cc1C(F)(F)F)NCc1c(C)nn(C)c1C.I. The number of nitrogens with zero attached hydrogens (tertiary/aromatic N) is 3. The van der Waals surface area contributed by atoms with Crippen molar-refractivity contribution < 1.29 is 17.9 Å². The van der Waals surface area contributed by atoms with Gasteiger partial charge in [0.15, 0.2) is 5.96 Å². The molecule has 2 N–H and O–H groups in total. The van der Waals surface area contributed by atoms with E-state index in [9.17, 15) is 13.2 Å². The molecule has 0 atom stereocenters. The molecule has 2 aromatic rings. The molecule has 0 saturated heterocycles. The number of aryl methyl sites for hydroxylation is 2. The second kappa shape index (κ2) is 10.7. The second-order valence-electron chi connectivity index (χ2n) is 6.34. The van der Waals surface area contributed by atoms with Crippen molar-refractivity contribution in [1.82, 2.24) is 20.4 Å². The Morgan fingerprint density at radius 1 is 1.24 bits per heavy atom. The third-order valence-electron chi connectivity index (χ3n) is 4.47. The Bertz CT molecular complexity index is 849. The van der Waals surface area contributed by atoms with E-state index >= 15 is 0 Å². The van der Waals surface area contributed by atoms with Crippen LogP contribution in [0.3, 0.4) is 0 Å². The van der Waals surface area contributed by atoms with Gasteiger partial charge in [-0.3, -0.25) is 4.68 Å². The predicted octanol–water partition coefficient (Wildman–Crippen LogP) is 3.94. The van der Waals surface area contributed by atoms with Gasteiger partial charge in [-0.05, 0) is 38.5 Å². The maximum Gasteiger partial charge on any atom is 0.416 e. The predicted molar refractivity (Wildman–Crippen MR) is 118 cm³/mol. The Hall–Kier alpha value is -1.98. The first-order chi connectivity index (χ1) is 13.2. The van der Waals surface area contributed by atoms with Crippen LogP contribution in [0.2, 0.25) is 0 Å². The highest BCUT2D eigenvalue weighted by Gasteiger charge is 2.33. The fourth-order valence-electron chi connectivity index (χ4n) is 2.84. The summed E-state index contributed by atoms with van der Waals surface area (Å²) in [6.07, 6.45) is -4.48. The molecule has 0 spiro atoms. The van der Waals surface area contributed by atoms with Crippen molar-refractivity contribution in [2.45, 2.75) is 40.0 Å². The molecule has 1 aromatic heterocycles. The summed E-state index contributed by atoms with van der Waals surface area (Å²) in [4.78, 5) is 4.32. The molecule has 0 aliphatic heterocycles. The summed E-state index contributed by atoms with van der Waals surface area (Å²) >= 11 is 0. The molecule has 10 heteroatoms. The minimum atomic E-state index is -4.48. The van der Waals surface area contributed by atoms with Crippen molar-refractivity contribution in [2.75, 3.05) is 13.7 Å². The lowest BCUT2D eigenvalue weighted by Gasteiger charge is -2.15. The van der Waals surface area contributed by atoms with Crippen LogP contribution in [0.1, 0.15) is 35.0 Å². The molecule has 6 nitrogen and oxygen atoms in total. The fraction of sp³-hybridized carbons (Fsp3) is 0.474. The topological polar surface area (TPSA) is 63.5 Å². The van der Waals surface area contributed by atoms with Gasteiger partial charge >= 0.3 is 6.18 Å². The monoisotopic (exact) mass is 525 g/mol. The number of guanidine groups is 1. The Kier molecular flexibility index (Phi) is 9.24. The van der Waals surface area contributed by atoms with E-state index in [2.05, 4.69) is 20.7 Å². The van der Waals surface area contributed by atoms with Gasteiger partial charge in [0.1, 0.15) is 5.75 Å².